The van der Waals surface area contributed by atoms with E-state index in [0.29, 0.717) is 0 Å². The van der Waals surface area contributed by atoms with Crippen molar-refractivity contribution >= 4 is 0 Å². The van der Waals surface area contributed by atoms with Gasteiger partial charge in [-0.3, -0.25) is 0 Å². The van der Waals surface area contributed by atoms with Crippen LogP contribution in [0.15, 0.2) is 0 Å². The van der Waals surface area contributed by atoms with Crippen LogP contribution < -0.4 is 5.32 Å². The molecule has 3 fully saturated rings. The lowest BCUT2D eigenvalue weighted by molar-refractivity contribution is -0.0835. The van der Waals surface area contributed by atoms with Gasteiger partial charge in [0.25, 0.3) is 0 Å². The van der Waals surface area contributed by atoms with Crippen molar-refractivity contribution in [3.8, 4) is 0 Å². The zero-order valence-corrected chi connectivity index (χ0v) is 11.0. The Bertz CT molecular complexity index is 243. The molecule has 1 unspecified atom stereocenters. The summed E-state index contributed by atoms with van der Waals surface area (Å²) in [4.78, 5) is 0. The van der Waals surface area contributed by atoms with E-state index < -0.39 is 0 Å². The predicted octanol–water partition coefficient (Wildman–Crippen LogP) is 3.26. The molecule has 3 aliphatic rings. The molecule has 1 heterocycles. The van der Waals surface area contributed by atoms with Crippen LogP contribution in [0.2, 0.25) is 0 Å². The zero-order chi connectivity index (χ0) is 11.6. The third-order valence-corrected chi connectivity index (χ3v) is 4.93. The van der Waals surface area contributed by atoms with Gasteiger partial charge in [0.1, 0.15) is 0 Å². The number of rotatable bonds is 5. The average molecular weight is 237 g/mol. The van der Waals surface area contributed by atoms with Gasteiger partial charge in [0.2, 0.25) is 0 Å². The van der Waals surface area contributed by atoms with Gasteiger partial charge in [0.05, 0.1) is 5.60 Å². The van der Waals surface area contributed by atoms with Crippen molar-refractivity contribution in [2.24, 2.45) is 5.92 Å². The average Bonchev–Trinajstić information content (AvgIpc) is 3.07. The Kier molecular flexibility index (Phi) is 3.72. The second-order valence-corrected chi connectivity index (χ2v) is 6.47. The van der Waals surface area contributed by atoms with Crippen LogP contribution in [0.3, 0.4) is 0 Å². The highest BCUT2D eigenvalue weighted by Crippen LogP contribution is 2.40. The van der Waals surface area contributed by atoms with Gasteiger partial charge in [-0.25, -0.2) is 0 Å². The summed E-state index contributed by atoms with van der Waals surface area (Å²) in [5.74, 6) is 1.09. The van der Waals surface area contributed by atoms with Gasteiger partial charge in [-0.05, 0) is 51.0 Å². The summed E-state index contributed by atoms with van der Waals surface area (Å²) in [5, 5.41) is 3.78. The standard InChI is InChI=1S/C15H27NO/c1-2-9-15(8-1)12-14(7-11-17-15)16-10-3-4-13-5-6-13/h13-14,16H,1-12H2. The molecule has 0 aromatic rings. The Morgan fingerprint density at radius 2 is 1.94 bits per heavy atom. The van der Waals surface area contributed by atoms with Crippen LogP contribution in [-0.4, -0.2) is 24.8 Å². The molecule has 0 amide bonds. The highest BCUT2D eigenvalue weighted by molar-refractivity contribution is 4.93. The van der Waals surface area contributed by atoms with E-state index >= 15 is 0 Å². The highest BCUT2D eigenvalue weighted by atomic mass is 16.5. The van der Waals surface area contributed by atoms with Crippen molar-refractivity contribution in [3.63, 3.8) is 0 Å². The second-order valence-electron chi connectivity index (χ2n) is 6.47. The molecule has 98 valence electrons. The van der Waals surface area contributed by atoms with Gasteiger partial charge in [-0.15, -0.1) is 0 Å². The van der Waals surface area contributed by atoms with Crippen LogP contribution in [0.5, 0.6) is 0 Å². The fourth-order valence-corrected chi connectivity index (χ4v) is 3.67. The molecular weight excluding hydrogens is 210 g/mol. The molecule has 0 aromatic carbocycles. The minimum Gasteiger partial charge on any atom is -0.375 e. The summed E-state index contributed by atoms with van der Waals surface area (Å²) in [5.41, 5.74) is 0.284. The quantitative estimate of drug-likeness (QED) is 0.741. The van der Waals surface area contributed by atoms with E-state index in [9.17, 15) is 0 Å². The van der Waals surface area contributed by atoms with Crippen LogP contribution in [0.25, 0.3) is 0 Å². The van der Waals surface area contributed by atoms with Gasteiger partial charge < -0.3 is 10.1 Å². The molecule has 1 aliphatic heterocycles. The van der Waals surface area contributed by atoms with Gasteiger partial charge in [0, 0.05) is 12.6 Å². The minimum atomic E-state index is 0.284. The number of nitrogens with one attached hydrogen (secondary N) is 1. The lowest BCUT2D eigenvalue weighted by atomic mass is 9.89. The Labute approximate surface area is 105 Å². The first-order valence-corrected chi connectivity index (χ1v) is 7.74. The lowest BCUT2D eigenvalue weighted by Crippen LogP contribution is -2.45. The number of ether oxygens (including phenoxy) is 1. The van der Waals surface area contributed by atoms with Crippen molar-refractivity contribution in [3.05, 3.63) is 0 Å². The maximum absolute atomic E-state index is 6.07. The van der Waals surface area contributed by atoms with E-state index in [1.54, 1.807) is 0 Å². The Morgan fingerprint density at radius 1 is 1.12 bits per heavy atom. The van der Waals surface area contributed by atoms with E-state index in [-0.39, 0.29) is 5.60 Å². The fraction of sp³-hybridized carbons (Fsp3) is 1.00. The van der Waals surface area contributed by atoms with Crippen LogP contribution >= 0.6 is 0 Å². The molecule has 3 rings (SSSR count). The van der Waals surface area contributed by atoms with Gasteiger partial charge >= 0.3 is 0 Å². The Morgan fingerprint density at radius 3 is 2.71 bits per heavy atom. The molecule has 17 heavy (non-hydrogen) atoms. The number of hydrogen-bond donors (Lipinski definition) is 1. The van der Waals surface area contributed by atoms with Crippen LogP contribution in [0.1, 0.15) is 64.2 Å². The normalized spacial score (nSPS) is 32.1. The van der Waals surface area contributed by atoms with Crippen molar-refractivity contribution < 1.29 is 4.74 Å². The second kappa shape index (κ2) is 5.27. The Balaban J connectivity index is 1.37. The van der Waals surface area contributed by atoms with Gasteiger partial charge in [-0.2, -0.15) is 0 Å². The largest absolute Gasteiger partial charge is 0.375 e. The summed E-state index contributed by atoms with van der Waals surface area (Å²) in [6, 6.07) is 0.737. The van der Waals surface area contributed by atoms with E-state index in [0.717, 1.165) is 18.6 Å². The first-order valence-electron chi connectivity index (χ1n) is 7.74. The monoisotopic (exact) mass is 237 g/mol. The third kappa shape index (κ3) is 3.23. The van der Waals surface area contributed by atoms with E-state index in [4.69, 9.17) is 4.74 Å². The smallest absolute Gasteiger partial charge is 0.0697 e. The highest BCUT2D eigenvalue weighted by Gasteiger charge is 2.39. The molecule has 0 bridgehead atoms. The molecule has 1 N–H and O–H groups in total. The molecule has 2 heteroatoms. The molecule has 2 aliphatic carbocycles. The Hall–Kier alpha value is -0.0800. The SMILES string of the molecule is C(CNC1CCOC2(CCCC2)C1)CC1CC1. The lowest BCUT2D eigenvalue weighted by Gasteiger charge is -2.38. The zero-order valence-electron chi connectivity index (χ0n) is 11.0. The predicted molar refractivity (Wildman–Crippen MR) is 70.1 cm³/mol. The van der Waals surface area contributed by atoms with E-state index in [1.807, 2.05) is 0 Å². The number of hydrogen-bond acceptors (Lipinski definition) is 2. The fourth-order valence-electron chi connectivity index (χ4n) is 3.67. The summed E-state index contributed by atoms with van der Waals surface area (Å²) in [6.45, 7) is 2.22. The topological polar surface area (TPSA) is 21.3 Å². The molecule has 1 saturated heterocycles. The van der Waals surface area contributed by atoms with E-state index in [1.165, 1.54) is 70.8 Å². The minimum absolute atomic E-state index is 0.284. The summed E-state index contributed by atoms with van der Waals surface area (Å²) < 4.78 is 6.07. The summed E-state index contributed by atoms with van der Waals surface area (Å²) in [6.07, 6.45) is 13.7. The molecular formula is C15H27NO. The molecule has 1 atom stereocenters. The molecule has 1 spiro atoms. The van der Waals surface area contributed by atoms with Gasteiger partial charge in [0.15, 0.2) is 0 Å². The third-order valence-electron chi connectivity index (χ3n) is 4.93. The van der Waals surface area contributed by atoms with Crippen LogP contribution in [0.4, 0.5) is 0 Å². The molecule has 2 saturated carbocycles. The van der Waals surface area contributed by atoms with Crippen molar-refractivity contribution in [2.75, 3.05) is 13.2 Å². The molecule has 0 radical (unpaired) electrons. The maximum Gasteiger partial charge on any atom is 0.0697 e. The van der Waals surface area contributed by atoms with Crippen molar-refractivity contribution in [2.45, 2.75) is 75.9 Å². The van der Waals surface area contributed by atoms with Crippen molar-refractivity contribution in [1.82, 2.24) is 5.32 Å². The summed E-state index contributed by atoms with van der Waals surface area (Å²) >= 11 is 0. The first kappa shape index (κ1) is 12.0. The maximum atomic E-state index is 6.07. The van der Waals surface area contributed by atoms with E-state index in [2.05, 4.69) is 5.32 Å². The van der Waals surface area contributed by atoms with Crippen molar-refractivity contribution in [1.29, 1.82) is 0 Å². The molecule has 2 nitrogen and oxygen atoms in total. The van der Waals surface area contributed by atoms with Crippen LogP contribution in [0, 0.1) is 5.92 Å². The molecule has 0 aromatic heterocycles. The first-order chi connectivity index (χ1) is 8.36. The van der Waals surface area contributed by atoms with Gasteiger partial charge in [-0.1, -0.05) is 25.7 Å². The van der Waals surface area contributed by atoms with Crippen LogP contribution in [-0.2, 0) is 4.74 Å². The summed E-state index contributed by atoms with van der Waals surface area (Å²) in [7, 11) is 0.